The van der Waals surface area contributed by atoms with Crippen molar-refractivity contribution in [2.24, 2.45) is 0 Å². The van der Waals surface area contributed by atoms with Crippen molar-refractivity contribution in [3.05, 3.63) is 53.1 Å². The van der Waals surface area contributed by atoms with Crippen molar-refractivity contribution in [1.82, 2.24) is 14.5 Å². The Hall–Kier alpha value is -2.03. The van der Waals surface area contributed by atoms with Gasteiger partial charge in [0.15, 0.2) is 0 Å². The third-order valence-electron chi connectivity index (χ3n) is 3.68. The van der Waals surface area contributed by atoms with E-state index in [9.17, 15) is 8.42 Å². The minimum absolute atomic E-state index is 0.160. The first kappa shape index (κ1) is 16.8. The van der Waals surface area contributed by atoms with Gasteiger partial charge in [0, 0.05) is 24.9 Å². The van der Waals surface area contributed by atoms with Gasteiger partial charge in [0.25, 0.3) is 0 Å². The number of aromatic nitrogens is 2. The predicted molar refractivity (Wildman–Crippen MR) is 88.3 cm³/mol. The van der Waals surface area contributed by atoms with Crippen LogP contribution >= 0.6 is 0 Å². The summed E-state index contributed by atoms with van der Waals surface area (Å²) in [4.78, 5) is 0. The van der Waals surface area contributed by atoms with Gasteiger partial charge in [-0.05, 0) is 11.6 Å². The first-order valence-corrected chi connectivity index (χ1v) is 9.26. The SMILES string of the molecule is CCc1nnc(C2CN(S(=O)(=O)/C=C/c3ccccc3)CCO2)o1. The topological polar surface area (TPSA) is 85.5 Å². The number of hydrogen-bond acceptors (Lipinski definition) is 6. The van der Waals surface area contributed by atoms with E-state index in [1.54, 1.807) is 6.08 Å². The molecule has 0 spiro atoms. The Balaban J connectivity index is 1.72. The number of ether oxygens (including phenoxy) is 1. The Morgan fingerprint density at radius 1 is 1.29 bits per heavy atom. The van der Waals surface area contributed by atoms with E-state index in [4.69, 9.17) is 9.15 Å². The molecule has 0 radical (unpaired) electrons. The molecule has 0 N–H and O–H groups in total. The zero-order valence-corrected chi connectivity index (χ0v) is 14.1. The van der Waals surface area contributed by atoms with Gasteiger partial charge in [0.2, 0.25) is 21.8 Å². The summed E-state index contributed by atoms with van der Waals surface area (Å²) in [6.45, 7) is 2.65. The minimum atomic E-state index is -3.54. The second-order valence-corrected chi connectivity index (χ2v) is 7.18. The molecular formula is C16H19N3O4S. The van der Waals surface area contributed by atoms with E-state index in [0.717, 1.165) is 5.56 Å². The Morgan fingerprint density at radius 3 is 2.79 bits per heavy atom. The van der Waals surface area contributed by atoms with Crippen molar-refractivity contribution in [1.29, 1.82) is 0 Å². The van der Waals surface area contributed by atoms with Gasteiger partial charge in [-0.3, -0.25) is 0 Å². The highest BCUT2D eigenvalue weighted by molar-refractivity contribution is 7.92. The van der Waals surface area contributed by atoms with Gasteiger partial charge < -0.3 is 9.15 Å². The number of nitrogens with zero attached hydrogens (tertiary/aromatic N) is 3. The van der Waals surface area contributed by atoms with Crippen LogP contribution in [-0.2, 0) is 21.2 Å². The van der Waals surface area contributed by atoms with Crippen molar-refractivity contribution < 1.29 is 17.6 Å². The van der Waals surface area contributed by atoms with Gasteiger partial charge in [-0.25, -0.2) is 8.42 Å². The molecule has 1 aliphatic heterocycles. The summed E-state index contributed by atoms with van der Waals surface area (Å²) in [6, 6.07) is 9.29. The van der Waals surface area contributed by atoms with Crippen LogP contribution in [0.25, 0.3) is 6.08 Å². The number of rotatable bonds is 5. The highest BCUT2D eigenvalue weighted by Crippen LogP contribution is 2.23. The largest absolute Gasteiger partial charge is 0.422 e. The summed E-state index contributed by atoms with van der Waals surface area (Å²) in [7, 11) is -3.54. The van der Waals surface area contributed by atoms with Crippen molar-refractivity contribution in [2.45, 2.75) is 19.4 Å². The molecule has 1 aromatic heterocycles. The van der Waals surface area contributed by atoms with Crippen LogP contribution in [0.5, 0.6) is 0 Å². The van der Waals surface area contributed by atoms with Crippen LogP contribution in [0.4, 0.5) is 0 Å². The van der Waals surface area contributed by atoms with Crippen LogP contribution in [0.15, 0.2) is 40.2 Å². The third kappa shape index (κ3) is 3.89. The van der Waals surface area contributed by atoms with Crippen molar-refractivity contribution in [3.63, 3.8) is 0 Å². The lowest BCUT2D eigenvalue weighted by Crippen LogP contribution is -2.41. The van der Waals surface area contributed by atoms with Crippen LogP contribution < -0.4 is 0 Å². The molecule has 0 aliphatic carbocycles. The second-order valence-electron chi connectivity index (χ2n) is 5.36. The Bertz CT molecular complexity index is 802. The molecule has 2 aromatic rings. The van der Waals surface area contributed by atoms with E-state index in [0.29, 0.717) is 24.7 Å². The lowest BCUT2D eigenvalue weighted by Gasteiger charge is -2.29. The molecule has 0 saturated carbocycles. The minimum Gasteiger partial charge on any atom is -0.422 e. The molecule has 1 fully saturated rings. The Labute approximate surface area is 141 Å². The maximum absolute atomic E-state index is 12.5. The molecule has 1 aliphatic rings. The van der Waals surface area contributed by atoms with Crippen LogP contribution in [-0.4, -0.2) is 42.6 Å². The molecule has 0 amide bonds. The van der Waals surface area contributed by atoms with Gasteiger partial charge in [0.1, 0.15) is 6.10 Å². The molecule has 1 atom stereocenters. The van der Waals surface area contributed by atoms with Crippen molar-refractivity contribution in [3.8, 4) is 0 Å². The molecule has 1 aromatic carbocycles. The molecule has 1 saturated heterocycles. The molecule has 128 valence electrons. The fraction of sp³-hybridized carbons (Fsp3) is 0.375. The van der Waals surface area contributed by atoms with Crippen LogP contribution in [0, 0.1) is 0 Å². The monoisotopic (exact) mass is 349 g/mol. The number of aryl methyl sites for hydroxylation is 1. The number of sulfonamides is 1. The predicted octanol–water partition coefficient (Wildman–Crippen LogP) is 2.01. The average Bonchev–Trinajstić information content (AvgIpc) is 3.10. The fourth-order valence-corrected chi connectivity index (χ4v) is 3.53. The van der Waals surface area contributed by atoms with E-state index < -0.39 is 16.1 Å². The summed E-state index contributed by atoms with van der Waals surface area (Å²) < 4.78 is 37.5. The lowest BCUT2D eigenvalue weighted by molar-refractivity contribution is -0.0174. The van der Waals surface area contributed by atoms with Gasteiger partial charge in [0.05, 0.1) is 6.61 Å². The summed E-state index contributed by atoms with van der Waals surface area (Å²) in [6.07, 6.45) is 1.68. The van der Waals surface area contributed by atoms with Crippen molar-refractivity contribution in [2.75, 3.05) is 19.7 Å². The van der Waals surface area contributed by atoms with Gasteiger partial charge in [-0.1, -0.05) is 37.3 Å². The van der Waals surface area contributed by atoms with Crippen LogP contribution in [0.3, 0.4) is 0 Å². The smallest absolute Gasteiger partial charge is 0.246 e. The van der Waals surface area contributed by atoms with E-state index >= 15 is 0 Å². The standard InChI is InChI=1S/C16H19N3O4S/c1-2-15-17-18-16(23-15)14-12-19(9-10-22-14)24(20,21)11-8-13-6-4-3-5-7-13/h3-8,11,14H,2,9-10,12H2,1H3/b11-8+. The van der Waals surface area contributed by atoms with E-state index in [1.807, 2.05) is 37.3 Å². The van der Waals surface area contributed by atoms with Gasteiger partial charge in [-0.2, -0.15) is 4.31 Å². The summed E-state index contributed by atoms with van der Waals surface area (Å²) >= 11 is 0. The van der Waals surface area contributed by atoms with Crippen LogP contribution in [0.1, 0.15) is 30.4 Å². The first-order valence-electron chi connectivity index (χ1n) is 7.75. The Kier molecular flexibility index (Phi) is 5.08. The van der Waals surface area contributed by atoms with E-state index in [-0.39, 0.29) is 13.2 Å². The summed E-state index contributed by atoms with van der Waals surface area (Å²) in [5.41, 5.74) is 0.829. The molecule has 1 unspecified atom stereocenters. The third-order valence-corrected chi connectivity index (χ3v) is 5.21. The van der Waals surface area contributed by atoms with Gasteiger partial charge >= 0.3 is 0 Å². The zero-order chi connectivity index (χ0) is 17.0. The lowest BCUT2D eigenvalue weighted by atomic mass is 10.2. The maximum Gasteiger partial charge on any atom is 0.246 e. The van der Waals surface area contributed by atoms with E-state index in [1.165, 1.54) is 9.71 Å². The Morgan fingerprint density at radius 2 is 2.08 bits per heavy atom. The molecular weight excluding hydrogens is 330 g/mol. The second kappa shape index (κ2) is 7.25. The highest BCUT2D eigenvalue weighted by Gasteiger charge is 2.31. The summed E-state index contributed by atoms with van der Waals surface area (Å²) in [5.74, 6) is 0.830. The first-order chi connectivity index (χ1) is 11.6. The molecule has 2 heterocycles. The number of benzene rings is 1. The quantitative estimate of drug-likeness (QED) is 0.821. The zero-order valence-electron chi connectivity index (χ0n) is 13.3. The molecule has 24 heavy (non-hydrogen) atoms. The van der Waals surface area contributed by atoms with Crippen LogP contribution in [0.2, 0.25) is 0 Å². The summed E-state index contributed by atoms with van der Waals surface area (Å²) in [5, 5.41) is 9.05. The molecule has 0 bridgehead atoms. The molecule has 8 heteroatoms. The molecule has 7 nitrogen and oxygen atoms in total. The number of hydrogen-bond donors (Lipinski definition) is 0. The molecule has 3 rings (SSSR count). The highest BCUT2D eigenvalue weighted by atomic mass is 32.2. The maximum atomic E-state index is 12.5. The van der Waals surface area contributed by atoms with Gasteiger partial charge in [-0.15, -0.1) is 10.2 Å². The normalized spacial score (nSPS) is 19.8. The average molecular weight is 349 g/mol. The number of morpholine rings is 1. The fourth-order valence-electron chi connectivity index (χ4n) is 2.36. The van der Waals surface area contributed by atoms with E-state index in [2.05, 4.69) is 10.2 Å². The van der Waals surface area contributed by atoms with Crippen molar-refractivity contribution >= 4 is 16.1 Å².